The van der Waals surface area contributed by atoms with Gasteiger partial charge in [0, 0.05) is 11.4 Å². The van der Waals surface area contributed by atoms with E-state index in [-0.39, 0.29) is 0 Å². The maximum absolute atomic E-state index is 11.3. The van der Waals surface area contributed by atoms with Crippen LogP contribution in [-0.4, -0.2) is 11.1 Å². The lowest BCUT2D eigenvalue weighted by molar-refractivity contribution is -0.138. The van der Waals surface area contributed by atoms with Gasteiger partial charge < -0.3 is 9.52 Å². The highest BCUT2D eigenvalue weighted by Crippen LogP contribution is 2.24. The van der Waals surface area contributed by atoms with Gasteiger partial charge in [0.05, 0.1) is 12.2 Å². The molecule has 1 heterocycles. The molecule has 1 atom stereocenters. The summed E-state index contributed by atoms with van der Waals surface area (Å²) in [5, 5.41) is 9.77. The average molecular weight is 251 g/mol. The molecule has 3 nitrogen and oxygen atoms in total. The van der Waals surface area contributed by atoms with E-state index >= 15 is 0 Å². The lowest BCUT2D eigenvalue weighted by Crippen LogP contribution is -2.14. The second kappa shape index (κ2) is 5.06. The third-order valence-electron chi connectivity index (χ3n) is 2.53. The number of aliphatic carboxylic acids is 1. The van der Waals surface area contributed by atoms with Gasteiger partial charge in [0.25, 0.3) is 0 Å². The van der Waals surface area contributed by atoms with E-state index in [1.54, 1.807) is 36.4 Å². The lowest BCUT2D eigenvalue weighted by Gasteiger charge is -2.11. The Labute approximate surface area is 104 Å². The Balaban J connectivity index is 2.26. The molecule has 0 aliphatic carbocycles. The highest BCUT2D eigenvalue weighted by molar-refractivity contribution is 6.30. The number of benzene rings is 1. The minimum absolute atomic E-state index is 0.322. The molecule has 0 aliphatic rings. The van der Waals surface area contributed by atoms with Crippen LogP contribution in [0.4, 0.5) is 0 Å². The Kier molecular flexibility index (Phi) is 3.49. The van der Waals surface area contributed by atoms with Gasteiger partial charge >= 0.3 is 5.97 Å². The first-order valence-corrected chi connectivity index (χ1v) is 5.55. The summed E-state index contributed by atoms with van der Waals surface area (Å²) in [4.78, 5) is 11.3. The van der Waals surface area contributed by atoms with Crippen molar-refractivity contribution in [1.82, 2.24) is 0 Å². The van der Waals surface area contributed by atoms with Crippen molar-refractivity contribution in [2.45, 2.75) is 12.3 Å². The van der Waals surface area contributed by atoms with Gasteiger partial charge in [0.1, 0.15) is 5.76 Å². The van der Waals surface area contributed by atoms with E-state index in [9.17, 15) is 9.90 Å². The second-order valence-corrected chi connectivity index (χ2v) is 4.17. The summed E-state index contributed by atoms with van der Waals surface area (Å²) < 4.78 is 5.17. The molecule has 4 heteroatoms. The second-order valence-electron chi connectivity index (χ2n) is 3.73. The van der Waals surface area contributed by atoms with Gasteiger partial charge in [0.2, 0.25) is 0 Å². The molecule has 1 N–H and O–H groups in total. The Hall–Kier alpha value is -1.74. The van der Waals surface area contributed by atoms with Gasteiger partial charge in [-0.25, -0.2) is 0 Å². The monoisotopic (exact) mass is 250 g/mol. The van der Waals surface area contributed by atoms with E-state index in [1.807, 2.05) is 0 Å². The summed E-state index contributed by atoms with van der Waals surface area (Å²) >= 11 is 5.86. The number of rotatable bonds is 4. The molecule has 0 saturated carbocycles. The summed E-state index contributed by atoms with van der Waals surface area (Å²) in [5.74, 6) is -0.874. The smallest absolute Gasteiger partial charge is 0.311 e. The zero-order valence-electron chi connectivity index (χ0n) is 8.97. The molecule has 0 amide bonds. The summed E-state index contributed by atoms with van der Waals surface area (Å²) in [6.07, 6.45) is 1.86. The first-order valence-electron chi connectivity index (χ1n) is 5.17. The molecule has 0 fully saturated rings. The Morgan fingerprint density at radius 3 is 2.76 bits per heavy atom. The number of furan rings is 1. The summed E-state index contributed by atoms with van der Waals surface area (Å²) in [7, 11) is 0. The SMILES string of the molecule is O=C(O)C(Cc1ccco1)c1cccc(Cl)c1. The summed E-state index contributed by atoms with van der Waals surface area (Å²) in [6, 6.07) is 10.4. The molecule has 0 bridgehead atoms. The van der Waals surface area contributed by atoms with Crippen molar-refractivity contribution in [3.05, 3.63) is 59.0 Å². The van der Waals surface area contributed by atoms with Gasteiger partial charge in [0.15, 0.2) is 0 Å². The Morgan fingerprint density at radius 2 is 2.18 bits per heavy atom. The van der Waals surface area contributed by atoms with Crippen LogP contribution >= 0.6 is 11.6 Å². The van der Waals surface area contributed by atoms with Crippen LogP contribution in [0.3, 0.4) is 0 Å². The van der Waals surface area contributed by atoms with E-state index in [4.69, 9.17) is 16.0 Å². The van der Waals surface area contributed by atoms with Crippen molar-refractivity contribution in [3.63, 3.8) is 0 Å². The van der Waals surface area contributed by atoms with E-state index in [0.29, 0.717) is 22.8 Å². The van der Waals surface area contributed by atoms with Crippen LogP contribution in [0.25, 0.3) is 0 Å². The molecule has 17 heavy (non-hydrogen) atoms. The Bertz CT molecular complexity index is 505. The molecule has 0 saturated heterocycles. The zero-order valence-corrected chi connectivity index (χ0v) is 9.72. The molecule has 88 valence electrons. The van der Waals surface area contributed by atoms with Gasteiger partial charge in [-0.1, -0.05) is 23.7 Å². The molecule has 1 unspecified atom stereocenters. The maximum Gasteiger partial charge on any atom is 0.311 e. The minimum atomic E-state index is -0.885. The van der Waals surface area contributed by atoms with Crippen molar-refractivity contribution in [1.29, 1.82) is 0 Å². The molecule has 1 aromatic carbocycles. The number of hydrogen-bond donors (Lipinski definition) is 1. The van der Waals surface area contributed by atoms with E-state index < -0.39 is 11.9 Å². The van der Waals surface area contributed by atoms with Crippen LogP contribution < -0.4 is 0 Å². The third-order valence-corrected chi connectivity index (χ3v) is 2.77. The van der Waals surface area contributed by atoms with Crippen LogP contribution in [0, 0.1) is 0 Å². The first kappa shape index (κ1) is 11.7. The fraction of sp³-hybridized carbons (Fsp3) is 0.154. The Morgan fingerprint density at radius 1 is 1.35 bits per heavy atom. The average Bonchev–Trinajstić information content (AvgIpc) is 2.78. The number of halogens is 1. The molecule has 2 aromatic rings. The van der Waals surface area contributed by atoms with Gasteiger partial charge in [-0.05, 0) is 29.8 Å². The van der Waals surface area contributed by atoms with Crippen molar-refractivity contribution in [2.24, 2.45) is 0 Å². The summed E-state index contributed by atoms with van der Waals surface area (Å²) in [5.41, 5.74) is 0.682. The van der Waals surface area contributed by atoms with Gasteiger partial charge in [-0.2, -0.15) is 0 Å². The molecular formula is C13H11ClO3. The third kappa shape index (κ3) is 2.88. The largest absolute Gasteiger partial charge is 0.481 e. The van der Waals surface area contributed by atoms with Crippen LogP contribution in [0.2, 0.25) is 5.02 Å². The van der Waals surface area contributed by atoms with Gasteiger partial charge in [-0.3, -0.25) is 4.79 Å². The van der Waals surface area contributed by atoms with Gasteiger partial charge in [-0.15, -0.1) is 0 Å². The fourth-order valence-electron chi connectivity index (χ4n) is 1.70. The minimum Gasteiger partial charge on any atom is -0.481 e. The predicted octanol–water partition coefficient (Wildman–Crippen LogP) is 3.34. The number of carboxylic acids is 1. The maximum atomic E-state index is 11.3. The van der Waals surface area contributed by atoms with Crippen LogP contribution in [0.5, 0.6) is 0 Å². The lowest BCUT2D eigenvalue weighted by atomic mass is 9.95. The van der Waals surface area contributed by atoms with E-state index in [0.717, 1.165) is 0 Å². The zero-order chi connectivity index (χ0) is 12.3. The molecule has 0 spiro atoms. The predicted molar refractivity (Wildman–Crippen MR) is 64.2 cm³/mol. The molecule has 2 rings (SSSR count). The molecule has 1 aromatic heterocycles. The number of hydrogen-bond acceptors (Lipinski definition) is 2. The van der Waals surface area contributed by atoms with Crippen molar-refractivity contribution in [2.75, 3.05) is 0 Å². The number of carboxylic acid groups (broad SMARTS) is 1. The highest BCUT2D eigenvalue weighted by atomic mass is 35.5. The first-order chi connectivity index (χ1) is 8.16. The normalized spacial score (nSPS) is 12.3. The standard InChI is InChI=1S/C13H11ClO3/c14-10-4-1-3-9(7-10)12(13(15)16)8-11-5-2-6-17-11/h1-7,12H,8H2,(H,15,16). The topological polar surface area (TPSA) is 50.4 Å². The number of carbonyl (C=O) groups is 1. The molecular weight excluding hydrogens is 240 g/mol. The fourth-order valence-corrected chi connectivity index (χ4v) is 1.90. The molecule has 0 aliphatic heterocycles. The highest BCUT2D eigenvalue weighted by Gasteiger charge is 2.21. The quantitative estimate of drug-likeness (QED) is 0.905. The van der Waals surface area contributed by atoms with Crippen molar-refractivity contribution < 1.29 is 14.3 Å². The van der Waals surface area contributed by atoms with Crippen LogP contribution in [0.1, 0.15) is 17.2 Å². The molecule has 0 radical (unpaired) electrons. The van der Waals surface area contributed by atoms with Crippen molar-refractivity contribution in [3.8, 4) is 0 Å². The van der Waals surface area contributed by atoms with E-state index in [1.165, 1.54) is 6.26 Å². The van der Waals surface area contributed by atoms with Crippen LogP contribution in [-0.2, 0) is 11.2 Å². The van der Waals surface area contributed by atoms with E-state index in [2.05, 4.69) is 0 Å². The summed E-state index contributed by atoms with van der Waals surface area (Å²) in [6.45, 7) is 0. The van der Waals surface area contributed by atoms with Crippen molar-refractivity contribution >= 4 is 17.6 Å². The van der Waals surface area contributed by atoms with Crippen LogP contribution in [0.15, 0.2) is 47.1 Å².